The summed E-state index contributed by atoms with van der Waals surface area (Å²) in [4.78, 5) is 17.9. The normalized spacial score (nSPS) is 18.1. The molecule has 0 bridgehead atoms. The molecule has 2 fully saturated rings. The molecular weight excluding hydrogens is 458 g/mol. The van der Waals surface area contributed by atoms with Crippen molar-refractivity contribution in [3.8, 4) is 0 Å². The van der Waals surface area contributed by atoms with E-state index < -0.39 is 10.0 Å². The lowest BCUT2D eigenvalue weighted by atomic mass is 9.96. The quantitative estimate of drug-likeness (QED) is 0.548. The number of para-hydroxylation sites is 1. The molecule has 0 spiro atoms. The van der Waals surface area contributed by atoms with Crippen LogP contribution in [-0.4, -0.2) is 56.8 Å². The van der Waals surface area contributed by atoms with Gasteiger partial charge in [-0.2, -0.15) is 4.31 Å². The molecule has 0 saturated carbocycles. The van der Waals surface area contributed by atoms with Crippen molar-refractivity contribution in [1.82, 2.24) is 9.21 Å². The molecule has 0 radical (unpaired) electrons. The first-order valence-electron chi connectivity index (χ1n) is 13.0. The Hall–Kier alpha value is -2.38. The monoisotopic (exact) mass is 497 g/mol. The standard InChI is InChI=1S/C28H39N3O3S/c1-22(2)23-11-13-26(14-12-23)35(33,34)31-19-15-24(16-20-31)28(32)29(3)21-25-9-5-6-10-27(25)30-17-7-4-8-18-30/h5-6,9-14,22,24H,4,7-8,15-21H2,1-3H3. The van der Waals surface area contributed by atoms with Crippen LogP contribution in [0.25, 0.3) is 0 Å². The van der Waals surface area contributed by atoms with E-state index in [4.69, 9.17) is 0 Å². The first-order valence-corrected chi connectivity index (χ1v) is 14.4. The van der Waals surface area contributed by atoms with Gasteiger partial charge in [-0.25, -0.2) is 8.42 Å². The zero-order chi connectivity index (χ0) is 25.0. The zero-order valence-corrected chi connectivity index (χ0v) is 22.1. The average molecular weight is 498 g/mol. The van der Waals surface area contributed by atoms with Crippen molar-refractivity contribution >= 4 is 21.6 Å². The van der Waals surface area contributed by atoms with Gasteiger partial charge >= 0.3 is 0 Å². The minimum atomic E-state index is -3.54. The highest BCUT2D eigenvalue weighted by atomic mass is 32.2. The largest absolute Gasteiger partial charge is 0.371 e. The van der Waals surface area contributed by atoms with Crippen LogP contribution >= 0.6 is 0 Å². The van der Waals surface area contributed by atoms with E-state index in [1.54, 1.807) is 12.1 Å². The fourth-order valence-corrected chi connectivity index (χ4v) is 6.72. The first kappa shape index (κ1) is 25.7. The molecule has 4 rings (SSSR count). The van der Waals surface area contributed by atoms with Gasteiger partial charge in [0.25, 0.3) is 0 Å². The maximum Gasteiger partial charge on any atom is 0.243 e. The Bertz CT molecular complexity index is 1100. The molecule has 0 aliphatic carbocycles. The molecule has 0 atom stereocenters. The Morgan fingerprint density at radius 2 is 1.57 bits per heavy atom. The number of amides is 1. The smallest absolute Gasteiger partial charge is 0.243 e. The van der Waals surface area contributed by atoms with Crippen molar-refractivity contribution in [1.29, 1.82) is 0 Å². The van der Waals surface area contributed by atoms with E-state index >= 15 is 0 Å². The van der Waals surface area contributed by atoms with Crippen LogP contribution in [-0.2, 0) is 21.4 Å². The van der Waals surface area contributed by atoms with Crippen LogP contribution in [0.15, 0.2) is 53.4 Å². The van der Waals surface area contributed by atoms with E-state index in [0.717, 1.165) is 18.7 Å². The molecule has 2 aliphatic heterocycles. The van der Waals surface area contributed by atoms with Gasteiger partial charge < -0.3 is 9.80 Å². The summed E-state index contributed by atoms with van der Waals surface area (Å²) in [6.07, 6.45) is 4.83. The molecule has 6 nitrogen and oxygen atoms in total. The van der Waals surface area contributed by atoms with Crippen LogP contribution < -0.4 is 4.90 Å². The molecular formula is C28H39N3O3S. The third-order valence-corrected chi connectivity index (χ3v) is 9.37. The van der Waals surface area contributed by atoms with Crippen LogP contribution in [0.3, 0.4) is 0 Å². The lowest BCUT2D eigenvalue weighted by molar-refractivity contribution is -0.135. The van der Waals surface area contributed by atoms with E-state index in [2.05, 4.69) is 36.9 Å². The van der Waals surface area contributed by atoms with Crippen LogP contribution in [0.2, 0.25) is 0 Å². The number of sulfonamides is 1. The van der Waals surface area contributed by atoms with Gasteiger partial charge in [0, 0.05) is 51.4 Å². The number of carbonyl (C=O) groups is 1. The minimum absolute atomic E-state index is 0.108. The van der Waals surface area contributed by atoms with Gasteiger partial charge in [0.05, 0.1) is 4.90 Å². The first-order chi connectivity index (χ1) is 16.8. The second-order valence-electron chi connectivity index (χ2n) is 10.3. The van der Waals surface area contributed by atoms with E-state index in [1.807, 2.05) is 30.1 Å². The average Bonchev–Trinajstić information content (AvgIpc) is 2.89. The van der Waals surface area contributed by atoms with Crippen molar-refractivity contribution in [3.63, 3.8) is 0 Å². The molecule has 2 aliphatic rings. The van der Waals surface area contributed by atoms with Crippen molar-refractivity contribution < 1.29 is 13.2 Å². The van der Waals surface area contributed by atoms with Crippen molar-refractivity contribution in [3.05, 3.63) is 59.7 Å². The van der Waals surface area contributed by atoms with Crippen molar-refractivity contribution in [2.45, 2.75) is 63.3 Å². The molecule has 0 N–H and O–H groups in total. The van der Waals surface area contributed by atoms with Gasteiger partial charge in [-0.1, -0.05) is 44.2 Å². The highest BCUT2D eigenvalue weighted by molar-refractivity contribution is 7.89. The number of hydrogen-bond donors (Lipinski definition) is 0. The van der Waals surface area contributed by atoms with Gasteiger partial charge in [0.1, 0.15) is 0 Å². The summed E-state index contributed by atoms with van der Waals surface area (Å²) in [6, 6.07) is 15.6. The maximum atomic E-state index is 13.3. The van der Waals surface area contributed by atoms with E-state index in [9.17, 15) is 13.2 Å². The van der Waals surface area contributed by atoms with Gasteiger partial charge in [0.15, 0.2) is 0 Å². The second kappa shape index (κ2) is 11.1. The molecule has 0 unspecified atom stereocenters. The second-order valence-corrected chi connectivity index (χ2v) is 12.2. The molecule has 2 aromatic rings. The molecule has 2 saturated heterocycles. The maximum absolute atomic E-state index is 13.3. The summed E-state index contributed by atoms with van der Waals surface area (Å²) < 4.78 is 27.8. The summed E-state index contributed by atoms with van der Waals surface area (Å²) >= 11 is 0. The Morgan fingerprint density at radius 1 is 0.943 bits per heavy atom. The van der Waals surface area contributed by atoms with E-state index in [-0.39, 0.29) is 11.8 Å². The highest BCUT2D eigenvalue weighted by Crippen LogP contribution is 2.28. The van der Waals surface area contributed by atoms with Gasteiger partial charge in [-0.15, -0.1) is 0 Å². The SMILES string of the molecule is CC(C)c1ccc(S(=O)(=O)N2CCC(C(=O)N(C)Cc3ccccc3N3CCCCC3)CC2)cc1. The molecule has 35 heavy (non-hydrogen) atoms. The minimum Gasteiger partial charge on any atom is -0.371 e. The number of nitrogens with zero attached hydrogens (tertiary/aromatic N) is 3. The Kier molecular flexibility index (Phi) is 8.17. The summed E-state index contributed by atoms with van der Waals surface area (Å²) in [5.74, 6) is 0.325. The van der Waals surface area contributed by atoms with Crippen LogP contribution in [0.4, 0.5) is 5.69 Å². The zero-order valence-electron chi connectivity index (χ0n) is 21.3. The molecule has 190 valence electrons. The fraction of sp³-hybridized carbons (Fsp3) is 0.536. The Balaban J connectivity index is 1.36. The number of benzene rings is 2. The topological polar surface area (TPSA) is 60.9 Å². The summed E-state index contributed by atoms with van der Waals surface area (Å²) in [6.45, 7) is 7.66. The molecule has 7 heteroatoms. The van der Waals surface area contributed by atoms with Crippen LogP contribution in [0.1, 0.15) is 63.0 Å². The third-order valence-electron chi connectivity index (χ3n) is 7.46. The Labute approximate surface area is 211 Å². The van der Waals surface area contributed by atoms with Crippen molar-refractivity contribution in [2.24, 2.45) is 5.92 Å². The number of hydrogen-bond acceptors (Lipinski definition) is 4. The lowest BCUT2D eigenvalue weighted by Crippen LogP contribution is -2.43. The number of carbonyl (C=O) groups excluding carboxylic acids is 1. The summed E-state index contributed by atoms with van der Waals surface area (Å²) in [5.41, 5.74) is 3.53. The Morgan fingerprint density at radius 3 is 2.20 bits per heavy atom. The molecule has 0 aromatic heterocycles. The molecule has 2 heterocycles. The number of anilines is 1. The van der Waals surface area contributed by atoms with Gasteiger partial charge in [-0.05, 0) is 67.3 Å². The van der Waals surface area contributed by atoms with Gasteiger partial charge in [0.2, 0.25) is 15.9 Å². The third kappa shape index (κ3) is 5.89. The summed E-state index contributed by atoms with van der Waals surface area (Å²) in [7, 11) is -1.67. The molecule has 1 amide bonds. The predicted molar refractivity (Wildman–Crippen MR) is 141 cm³/mol. The van der Waals surface area contributed by atoms with Crippen molar-refractivity contribution in [2.75, 3.05) is 38.1 Å². The van der Waals surface area contributed by atoms with Crippen LogP contribution in [0, 0.1) is 5.92 Å². The number of piperidine rings is 2. The van der Waals surface area contributed by atoms with Gasteiger partial charge in [-0.3, -0.25) is 4.79 Å². The van der Waals surface area contributed by atoms with E-state index in [1.165, 1.54) is 34.8 Å². The van der Waals surface area contributed by atoms with E-state index in [0.29, 0.717) is 43.3 Å². The fourth-order valence-electron chi connectivity index (χ4n) is 5.25. The number of rotatable bonds is 7. The molecule has 2 aromatic carbocycles. The summed E-state index contributed by atoms with van der Waals surface area (Å²) in [5, 5.41) is 0. The predicted octanol–water partition coefficient (Wildman–Crippen LogP) is 4.86. The van der Waals surface area contributed by atoms with Crippen LogP contribution in [0.5, 0.6) is 0 Å². The lowest BCUT2D eigenvalue weighted by Gasteiger charge is -2.34. The highest BCUT2D eigenvalue weighted by Gasteiger charge is 2.33.